The van der Waals surface area contributed by atoms with Crippen molar-refractivity contribution in [2.45, 2.75) is 26.0 Å². The van der Waals surface area contributed by atoms with Crippen LogP contribution in [0.1, 0.15) is 19.4 Å². The minimum Gasteiger partial charge on any atom is -0.457 e. The van der Waals surface area contributed by atoms with Gasteiger partial charge in [0.05, 0.1) is 11.6 Å². The number of ether oxygens (including phenoxy) is 2. The molecule has 0 bridgehead atoms. The molecule has 0 aliphatic rings. The van der Waals surface area contributed by atoms with E-state index >= 15 is 0 Å². The zero-order valence-electron chi connectivity index (χ0n) is 14.5. The number of hydrogen-bond acceptors (Lipinski definition) is 4. The van der Waals surface area contributed by atoms with Crippen LogP contribution in [0.3, 0.4) is 0 Å². The first kappa shape index (κ1) is 18.7. The maximum atomic E-state index is 6.55. The van der Waals surface area contributed by atoms with Gasteiger partial charge in [0.2, 0.25) is 0 Å². The normalized spacial score (nSPS) is 13.4. The van der Waals surface area contributed by atoms with Crippen molar-refractivity contribution in [1.29, 1.82) is 0 Å². The van der Waals surface area contributed by atoms with Crippen LogP contribution in [0.5, 0.6) is 11.5 Å². The Hall–Kier alpha value is -2.08. The number of halogens is 2. The Labute approximate surface area is 162 Å². The molecule has 0 N–H and O–H groups in total. The Kier molecular flexibility index (Phi) is 5.81. The van der Waals surface area contributed by atoms with Crippen molar-refractivity contribution in [1.82, 2.24) is 14.8 Å². The van der Waals surface area contributed by atoms with Gasteiger partial charge in [-0.25, -0.2) is 9.67 Å². The molecule has 0 spiro atoms. The van der Waals surface area contributed by atoms with Crippen molar-refractivity contribution >= 4 is 23.2 Å². The van der Waals surface area contributed by atoms with E-state index in [0.717, 1.165) is 5.56 Å². The van der Waals surface area contributed by atoms with Crippen LogP contribution in [0.4, 0.5) is 0 Å². The number of nitrogens with zero attached hydrogens (tertiary/aromatic N) is 3. The largest absolute Gasteiger partial charge is 0.457 e. The van der Waals surface area contributed by atoms with Gasteiger partial charge in [-0.1, -0.05) is 29.3 Å². The van der Waals surface area contributed by atoms with E-state index in [1.807, 2.05) is 26.0 Å². The topological polar surface area (TPSA) is 49.2 Å². The summed E-state index contributed by atoms with van der Waals surface area (Å²) in [4.78, 5) is 3.98. The Bertz CT molecular complexity index is 854. The second-order valence-electron chi connectivity index (χ2n) is 5.95. The van der Waals surface area contributed by atoms with Gasteiger partial charge < -0.3 is 9.47 Å². The Morgan fingerprint density at radius 3 is 2.42 bits per heavy atom. The fourth-order valence-corrected chi connectivity index (χ4v) is 3.27. The lowest BCUT2D eigenvalue weighted by Gasteiger charge is -2.30. The Morgan fingerprint density at radius 1 is 1.08 bits per heavy atom. The lowest BCUT2D eigenvalue weighted by Crippen LogP contribution is -2.32. The SMILES string of the molecule is CCOC(C)(Cn1cncn1)c1ccc(Oc2ccc(Cl)cc2)cc1Cl. The van der Waals surface area contributed by atoms with Gasteiger partial charge in [-0.3, -0.25) is 0 Å². The standard InChI is InChI=1S/C19H19Cl2N3O2/c1-3-25-19(2,11-24-13-22-12-23-24)17-9-8-16(10-18(17)21)26-15-6-4-14(20)5-7-15/h4-10,12-13H,3,11H2,1-2H3. The summed E-state index contributed by atoms with van der Waals surface area (Å²) in [6, 6.07) is 12.7. The van der Waals surface area contributed by atoms with Crippen LogP contribution in [0.2, 0.25) is 10.0 Å². The van der Waals surface area contributed by atoms with Crippen LogP contribution in [0.25, 0.3) is 0 Å². The lowest BCUT2D eigenvalue weighted by atomic mass is 9.95. The molecule has 136 valence electrons. The first-order valence-corrected chi connectivity index (χ1v) is 8.95. The first-order chi connectivity index (χ1) is 12.5. The van der Waals surface area contributed by atoms with Gasteiger partial charge in [-0.05, 0) is 50.2 Å². The van der Waals surface area contributed by atoms with E-state index < -0.39 is 5.60 Å². The zero-order valence-corrected chi connectivity index (χ0v) is 16.0. The van der Waals surface area contributed by atoms with E-state index in [-0.39, 0.29) is 0 Å². The van der Waals surface area contributed by atoms with E-state index in [4.69, 9.17) is 32.7 Å². The third-order valence-corrected chi connectivity index (χ3v) is 4.52. The fraction of sp³-hybridized carbons (Fsp3) is 0.263. The molecule has 2 aromatic carbocycles. The van der Waals surface area contributed by atoms with Gasteiger partial charge in [0.25, 0.3) is 0 Å². The molecule has 1 atom stereocenters. The van der Waals surface area contributed by atoms with Crippen LogP contribution in [-0.4, -0.2) is 21.4 Å². The summed E-state index contributed by atoms with van der Waals surface area (Å²) < 4.78 is 13.6. The summed E-state index contributed by atoms with van der Waals surface area (Å²) >= 11 is 12.5. The van der Waals surface area contributed by atoms with Gasteiger partial charge in [0, 0.05) is 17.2 Å². The molecule has 0 aliphatic carbocycles. The summed E-state index contributed by atoms with van der Waals surface area (Å²) in [6.45, 7) is 4.98. The highest BCUT2D eigenvalue weighted by molar-refractivity contribution is 6.31. The molecule has 0 radical (unpaired) electrons. The Morgan fingerprint density at radius 2 is 1.81 bits per heavy atom. The molecule has 0 saturated carbocycles. The van der Waals surface area contributed by atoms with Crippen LogP contribution in [-0.2, 0) is 16.9 Å². The molecule has 3 aromatic rings. The van der Waals surface area contributed by atoms with Crippen molar-refractivity contribution in [2.24, 2.45) is 0 Å². The summed E-state index contributed by atoms with van der Waals surface area (Å²) in [5.41, 5.74) is 0.221. The van der Waals surface area contributed by atoms with E-state index in [2.05, 4.69) is 10.1 Å². The highest BCUT2D eigenvalue weighted by Gasteiger charge is 2.30. The molecular weight excluding hydrogens is 373 g/mol. The van der Waals surface area contributed by atoms with Crippen molar-refractivity contribution < 1.29 is 9.47 Å². The predicted octanol–water partition coefficient (Wildman–Crippen LogP) is 5.33. The minimum absolute atomic E-state index is 0.498. The number of hydrogen-bond donors (Lipinski definition) is 0. The van der Waals surface area contributed by atoms with Gasteiger partial charge in [0.1, 0.15) is 29.8 Å². The van der Waals surface area contributed by atoms with Crippen molar-refractivity contribution in [3.63, 3.8) is 0 Å². The molecule has 7 heteroatoms. The molecule has 0 amide bonds. The second-order valence-corrected chi connectivity index (χ2v) is 6.80. The molecule has 26 heavy (non-hydrogen) atoms. The van der Waals surface area contributed by atoms with Gasteiger partial charge >= 0.3 is 0 Å². The minimum atomic E-state index is -0.641. The molecule has 0 fully saturated rings. The van der Waals surface area contributed by atoms with Gasteiger partial charge in [-0.15, -0.1) is 0 Å². The van der Waals surface area contributed by atoms with E-state index in [1.165, 1.54) is 6.33 Å². The average molecular weight is 392 g/mol. The van der Waals surface area contributed by atoms with Crippen LogP contribution in [0, 0.1) is 0 Å². The number of aromatic nitrogens is 3. The molecule has 1 unspecified atom stereocenters. The predicted molar refractivity (Wildman–Crippen MR) is 102 cm³/mol. The highest BCUT2D eigenvalue weighted by atomic mass is 35.5. The molecule has 1 heterocycles. The lowest BCUT2D eigenvalue weighted by molar-refractivity contribution is -0.0445. The molecule has 0 aliphatic heterocycles. The van der Waals surface area contributed by atoms with Crippen molar-refractivity contribution in [3.8, 4) is 11.5 Å². The van der Waals surface area contributed by atoms with Crippen LogP contribution in [0.15, 0.2) is 55.1 Å². The second kappa shape index (κ2) is 8.08. The molecule has 3 rings (SSSR count). The fourth-order valence-electron chi connectivity index (χ4n) is 2.78. The summed E-state index contributed by atoms with van der Waals surface area (Å²) in [7, 11) is 0. The quantitative estimate of drug-likeness (QED) is 0.545. The summed E-state index contributed by atoms with van der Waals surface area (Å²) in [5.74, 6) is 1.33. The number of benzene rings is 2. The smallest absolute Gasteiger partial charge is 0.137 e. The van der Waals surface area contributed by atoms with Crippen LogP contribution < -0.4 is 4.74 Å². The van der Waals surface area contributed by atoms with Gasteiger partial charge in [0.15, 0.2) is 0 Å². The Balaban J connectivity index is 1.85. The number of rotatable bonds is 7. The maximum Gasteiger partial charge on any atom is 0.137 e. The molecule has 5 nitrogen and oxygen atoms in total. The molecule has 0 saturated heterocycles. The highest BCUT2D eigenvalue weighted by Crippen LogP contribution is 2.36. The summed E-state index contributed by atoms with van der Waals surface area (Å²) in [5, 5.41) is 5.39. The average Bonchev–Trinajstić information content (AvgIpc) is 3.10. The van der Waals surface area contributed by atoms with E-state index in [0.29, 0.717) is 34.7 Å². The van der Waals surface area contributed by atoms with Crippen molar-refractivity contribution in [2.75, 3.05) is 6.61 Å². The molecule has 1 aromatic heterocycles. The third-order valence-electron chi connectivity index (χ3n) is 3.95. The maximum absolute atomic E-state index is 6.55. The van der Waals surface area contributed by atoms with Crippen LogP contribution >= 0.6 is 23.2 Å². The monoisotopic (exact) mass is 391 g/mol. The molecular formula is C19H19Cl2N3O2. The van der Waals surface area contributed by atoms with Gasteiger partial charge in [-0.2, -0.15) is 5.10 Å². The van der Waals surface area contributed by atoms with E-state index in [9.17, 15) is 0 Å². The first-order valence-electron chi connectivity index (χ1n) is 8.20. The van der Waals surface area contributed by atoms with Crippen molar-refractivity contribution in [3.05, 3.63) is 70.7 Å². The summed E-state index contributed by atoms with van der Waals surface area (Å²) in [6.07, 6.45) is 3.15. The zero-order chi connectivity index (χ0) is 18.6. The van der Waals surface area contributed by atoms with E-state index in [1.54, 1.807) is 41.3 Å². The third kappa shape index (κ3) is 4.36.